The van der Waals surface area contributed by atoms with E-state index in [-0.39, 0.29) is 0 Å². The Balaban J connectivity index is 2.04. The fraction of sp³-hybridized carbons (Fsp3) is 0.500. The van der Waals surface area contributed by atoms with Crippen molar-refractivity contribution in [1.82, 2.24) is 14.5 Å². The number of benzene rings is 1. The largest absolute Gasteiger partial charge is 0.494 e. The maximum absolute atomic E-state index is 5.49. The zero-order valence-corrected chi connectivity index (χ0v) is 14.4. The summed E-state index contributed by atoms with van der Waals surface area (Å²) in [7, 11) is 2.09. The molecule has 4 heteroatoms. The van der Waals surface area contributed by atoms with Crippen LogP contribution >= 0.6 is 0 Å². The summed E-state index contributed by atoms with van der Waals surface area (Å²) in [6.07, 6.45) is 0. The second kappa shape index (κ2) is 7.45. The molecule has 0 atom stereocenters. The fourth-order valence-electron chi connectivity index (χ4n) is 2.52. The van der Waals surface area contributed by atoms with Gasteiger partial charge in [-0.1, -0.05) is 19.1 Å². The number of aryl methyl sites for hydroxylation is 1. The van der Waals surface area contributed by atoms with Crippen LogP contribution < -0.4 is 4.74 Å². The molecular weight excluding hydrogens is 274 g/mol. The molecule has 0 aliphatic rings. The summed E-state index contributed by atoms with van der Waals surface area (Å²) in [5, 5.41) is 0. The highest BCUT2D eigenvalue weighted by atomic mass is 16.5. The van der Waals surface area contributed by atoms with Gasteiger partial charge in [-0.3, -0.25) is 4.90 Å². The molecule has 0 radical (unpaired) electrons. The van der Waals surface area contributed by atoms with Crippen LogP contribution in [0.5, 0.6) is 5.75 Å². The third kappa shape index (κ3) is 3.89. The van der Waals surface area contributed by atoms with E-state index in [0.717, 1.165) is 36.9 Å². The Labute approximate surface area is 133 Å². The van der Waals surface area contributed by atoms with E-state index in [2.05, 4.69) is 54.4 Å². The number of aromatic nitrogens is 2. The molecule has 0 unspecified atom stereocenters. The van der Waals surface area contributed by atoms with Gasteiger partial charge in [0.05, 0.1) is 18.8 Å². The Hall–Kier alpha value is -1.81. The Bertz CT molecular complexity index is 602. The topological polar surface area (TPSA) is 30.3 Å². The van der Waals surface area contributed by atoms with E-state index in [1.54, 1.807) is 0 Å². The van der Waals surface area contributed by atoms with Crippen LogP contribution in [-0.4, -0.2) is 27.6 Å². The predicted molar refractivity (Wildman–Crippen MR) is 90.1 cm³/mol. The van der Waals surface area contributed by atoms with Gasteiger partial charge in [0.1, 0.15) is 11.6 Å². The zero-order chi connectivity index (χ0) is 16.1. The monoisotopic (exact) mass is 301 g/mol. The van der Waals surface area contributed by atoms with Gasteiger partial charge in [-0.15, -0.1) is 0 Å². The Morgan fingerprint density at radius 1 is 1.09 bits per heavy atom. The summed E-state index contributed by atoms with van der Waals surface area (Å²) in [5.41, 5.74) is 3.66. The SMILES string of the molecule is CCOc1ccc(CN(CC)Cc2nc(C)c(C)n2C)cc1. The summed E-state index contributed by atoms with van der Waals surface area (Å²) >= 11 is 0. The number of imidazole rings is 1. The van der Waals surface area contributed by atoms with Gasteiger partial charge in [-0.25, -0.2) is 4.98 Å². The van der Waals surface area contributed by atoms with Crippen molar-refractivity contribution in [3.05, 3.63) is 47.0 Å². The average Bonchev–Trinajstić information content (AvgIpc) is 2.76. The van der Waals surface area contributed by atoms with E-state index in [9.17, 15) is 0 Å². The molecule has 0 aliphatic heterocycles. The first-order chi connectivity index (χ1) is 10.5. The van der Waals surface area contributed by atoms with E-state index in [0.29, 0.717) is 6.61 Å². The first kappa shape index (κ1) is 16.6. The second-order valence-electron chi connectivity index (χ2n) is 5.64. The smallest absolute Gasteiger partial charge is 0.123 e. The van der Waals surface area contributed by atoms with Gasteiger partial charge < -0.3 is 9.30 Å². The number of ether oxygens (including phenoxy) is 1. The van der Waals surface area contributed by atoms with Crippen molar-refractivity contribution in [2.75, 3.05) is 13.2 Å². The Kier molecular flexibility index (Phi) is 5.61. The zero-order valence-electron chi connectivity index (χ0n) is 14.4. The van der Waals surface area contributed by atoms with Gasteiger partial charge in [0.2, 0.25) is 0 Å². The number of rotatable bonds is 7. The first-order valence-electron chi connectivity index (χ1n) is 7.98. The van der Waals surface area contributed by atoms with Gasteiger partial charge in [0.15, 0.2) is 0 Å². The number of nitrogens with zero attached hydrogens (tertiary/aromatic N) is 3. The third-order valence-electron chi connectivity index (χ3n) is 4.16. The molecule has 0 fully saturated rings. The van der Waals surface area contributed by atoms with Gasteiger partial charge in [0.25, 0.3) is 0 Å². The van der Waals surface area contributed by atoms with Crippen LogP contribution in [0.2, 0.25) is 0 Å². The summed E-state index contributed by atoms with van der Waals surface area (Å²) < 4.78 is 7.68. The number of hydrogen-bond donors (Lipinski definition) is 0. The summed E-state index contributed by atoms with van der Waals surface area (Å²) in [5.74, 6) is 2.06. The van der Waals surface area contributed by atoms with Crippen molar-refractivity contribution < 1.29 is 4.74 Å². The quantitative estimate of drug-likeness (QED) is 0.784. The van der Waals surface area contributed by atoms with E-state index < -0.39 is 0 Å². The lowest BCUT2D eigenvalue weighted by atomic mass is 10.2. The van der Waals surface area contributed by atoms with Crippen LogP contribution in [0, 0.1) is 13.8 Å². The molecule has 0 aliphatic carbocycles. The van der Waals surface area contributed by atoms with Crippen LogP contribution in [0.1, 0.15) is 36.6 Å². The second-order valence-corrected chi connectivity index (χ2v) is 5.64. The molecule has 1 aromatic carbocycles. The van der Waals surface area contributed by atoms with Crippen LogP contribution in [0.15, 0.2) is 24.3 Å². The maximum Gasteiger partial charge on any atom is 0.123 e. The lowest BCUT2D eigenvalue weighted by molar-refractivity contribution is 0.261. The van der Waals surface area contributed by atoms with Crippen molar-refractivity contribution in [2.24, 2.45) is 7.05 Å². The van der Waals surface area contributed by atoms with Crippen LogP contribution in [-0.2, 0) is 20.1 Å². The third-order valence-corrected chi connectivity index (χ3v) is 4.16. The number of hydrogen-bond acceptors (Lipinski definition) is 3. The van der Waals surface area contributed by atoms with Crippen molar-refractivity contribution >= 4 is 0 Å². The van der Waals surface area contributed by atoms with Gasteiger partial charge in [-0.05, 0) is 45.0 Å². The minimum Gasteiger partial charge on any atom is -0.494 e. The van der Waals surface area contributed by atoms with Crippen molar-refractivity contribution in [3.8, 4) is 5.75 Å². The first-order valence-corrected chi connectivity index (χ1v) is 7.98. The highest BCUT2D eigenvalue weighted by Crippen LogP contribution is 2.16. The van der Waals surface area contributed by atoms with E-state index in [1.165, 1.54) is 11.3 Å². The molecule has 120 valence electrons. The highest BCUT2D eigenvalue weighted by molar-refractivity contribution is 5.27. The van der Waals surface area contributed by atoms with Crippen LogP contribution in [0.4, 0.5) is 0 Å². The van der Waals surface area contributed by atoms with Gasteiger partial charge in [-0.2, -0.15) is 0 Å². The van der Waals surface area contributed by atoms with E-state index in [4.69, 9.17) is 4.74 Å². The maximum atomic E-state index is 5.49. The minimum atomic E-state index is 0.707. The van der Waals surface area contributed by atoms with Crippen LogP contribution in [0.3, 0.4) is 0 Å². The predicted octanol–water partition coefficient (Wildman–Crippen LogP) is 3.46. The highest BCUT2D eigenvalue weighted by Gasteiger charge is 2.12. The molecule has 0 saturated heterocycles. The molecule has 2 aromatic rings. The molecule has 0 amide bonds. The molecule has 0 saturated carbocycles. The molecule has 2 rings (SSSR count). The van der Waals surface area contributed by atoms with Gasteiger partial charge >= 0.3 is 0 Å². The molecule has 1 heterocycles. The normalized spacial score (nSPS) is 11.2. The fourth-order valence-corrected chi connectivity index (χ4v) is 2.52. The Morgan fingerprint density at radius 3 is 2.27 bits per heavy atom. The standard InChI is InChI=1S/C18H27N3O/c1-6-21(13-18-19-14(3)15(4)20(18)5)12-16-8-10-17(11-9-16)22-7-2/h8-11H,6-7,12-13H2,1-5H3. The Morgan fingerprint density at radius 2 is 1.77 bits per heavy atom. The van der Waals surface area contributed by atoms with E-state index in [1.807, 2.05) is 19.1 Å². The molecule has 1 aromatic heterocycles. The van der Waals surface area contributed by atoms with Crippen molar-refractivity contribution in [1.29, 1.82) is 0 Å². The lowest BCUT2D eigenvalue weighted by Crippen LogP contribution is -2.24. The lowest BCUT2D eigenvalue weighted by Gasteiger charge is -2.20. The average molecular weight is 301 g/mol. The molecule has 4 nitrogen and oxygen atoms in total. The van der Waals surface area contributed by atoms with E-state index >= 15 is 0 Å². The van der Waals surface area contributed by atoms with Crippen molar-refractivity contribution in [2.45, 2.75) is 40.8 Å². The molecule has 0 N–H and O–H groups in total. The summed E-state index contributed by atoms with van der Waals surface area (Å²) in [4.78, 5) is 7.08. The molecule has 22 heavy (non-hydrogen) atoms. The molecule has 0 spiro atoms. The van der Waals surface area contributed by atoms with Gasteiger partial charge in [0, 0.05) is 19.3 Å². The van der Waals surface area contributed by atoms with Crippen LogP contribution in [0.25, 0.3) is 0 Å². The summed E-state index contributed by atoms with van der Waals surface area (Å²) in [6.45, 7) is 11.9. The minimum absolute atomic E-state index is 0.707. The summed E-state index contributed by atoms with van der Waals surface area (Å²) in [6, 6.07) is 8.37. The molecular formula is C18H27N3O. The molecule has 0 bridgehead atoms. The van der Waals surface area contributed by atoms with Crippen molar-refractivity contribution in [3.63, 3.8) is 0 Å².